The van der Waals surface area contributed by atoms with Crippen molar-refractivity contribution in [3.8, 4) is 11.5 Å². The van der Waals surface area contributed by atoms with Crippen molar-refractivity contribution in [2.24, 2.45) is 0 Å². The van der Waals surface area contributed by atoms with Gasteiger partial charge in [0.15, 0.2) is 11.5 Å². The van der Waals surface area contributed by atoms with Crippen molar-refractivity contribution in [1.29, 1.82) is 0 Å². The fraction of sp³-hybridized carbons (Fsp3) is 0.588. The summed E-state index contributed by atoms with van der Waals surface area (Å²) < 4.78 is 11.8. The van der Waals surface area contributed by atoms with Crippen LogP contribution in [-0.4, -0.2) is 48.2 Å². The second-order valence-electron chi connectivity index (χ2n) is 6.52. The minimum absolute atomic E-state index is 0. The number of fused-ring (bicyclic) bond motifs is 3. The maximum absolute atomic E-state index is 12.9. The van der Waals surface area contributed by atoms with Crippen LogP contribution in [-0.2, 0) is 4.79 Å². The predicted molar refractivity (Wildman–Crippen MR) is 89.3 cm³/mol. The highest BCUT2D eigenvalue weighted by molar-refractivity contribution is 5.85. The summed E-state index contributed by atoms with van der Waals surface area (Å²) >= 11 is 0. The first-order valence-corrected chi connectivity index (χ1v) is 8.18. The van der Waals surface area contributed by atoms with Gasteiger partial charge in [-0.25, -0.2) is 0 Å². The SMILES string of the molecule is CC1Oc2ccccc2OC1C(=O)N1CCC2CCC(C1)N2.Cl. The number of para-hydroxylation sites is 2. The summed E-state index contributed by atoms with van der Waals surface area (Å²) in [5.74, 6) is 1.43. The minimum atomic E-state index is -0.550. The second-order valence-corrected chi connectivity index (χ2v) is 6.52. The van der Waals surface area contributed by atoms with Crippen LogP contribution in [0.1, 0.15) is 26.2 Å². The van der Waals surface area contributed by atoms with E-state index in [1.54, 1.807) is 0 Å². The van der Waals surface area contributed by atoms with Gasteiger partial charge in [-0.05, 0) is 38.3 Å². The van der Waals surface area contributed by atoms with Gasteiger partial charge in [-0.15, -0.1) is 12.4 Å². The molecule has 1 N–H and O–H groups in total. The van der Waals surface area contributed by atoms with Gasteiger partial charge in [0.2, 0.25) is 6.10 Å². The van der Waals surface area contributed by atoms with Crippen LogP contribution < -0.4 is 14.8 Å². The Morgan fingerprint density at radius 2 is 1.83 bits per heavy atom. The molecule has 126 valence electrons. The molecule has 4 unspecified atom stereocenters. The maximum atomic E-state index is 12.9. The first kappa shape index (κ1) is 16.4. The molecule has 2 fully saturated rings. The molecule has 1 amide bonds. The topological polar surface area (TPSA) is 50.8 Å². The zero-order valence-electron chi connectivity index (χ0n) is 13.2. The van der Waals surface area contributed by atoms with E-state index in [4.69, 9.17) is 9.47 Å². The number of likely N-dealkylation sites (tertiary alicyclic amines) is 1. The molecule has 0 radical (unpaired) electrons. The van der Waals surface area contributed by atoms with Crippen molar-refractivity contribution in [2.75, 3.05) is 13.1 Å². The van der Waals surface area contributed by atoms with Crippen molar-refractivity contribution in [1.82, 2.24) is 10.2 Å². The Morgan fingerprint density at radius 1 is 1.13 bits per heavy atom. The summed E-state index contributed by atoms with van der Waals surface area (Å²) in [4.78, 5) is 14.8. The third-order valence-corrected chi connectivity index (χ3v) is 4.92. The second kappa shape index (κ2) is 6.57. The molecule has 1 aromatic carbocycles. The molecule has 3 aliphatic rings. The Balaban J connectivity index is 0.00000156. The first-order chi connectivity index (χ1) is 10.7. The summed E-state index contributed by atoms with van der Waals surface area (Å²) in [6, 6.07) is 8.55. The lowest BCUT2D eigenvalue weighted by molar-refractivity contribution is -0.144. The van der Waals surface area contributed by atoms with Crippen LogP contribution in [0.15, 0.2) is 24.3 Å². The van der Waals surface area contributed by atoms with Crippen molar-refractivity contribution >= 4 is 18.3 Å². The average Bonchev–Trinajstić information content (AvgIpc) is 2.85. The van der Waals surface area contributed by atoms with Gasteiger partial charge < -0.3 is 19.7 Å². The summed E-state index contributed by atoms with van der Waals surface area (Å²) in [7, 11) is 0. The van der Waals surface area contributed by atoms with E-state index >= 15 is 0 Å². The molecule has 5 nitrogen and oxygen atoms in total. The number of nitrogens with one attached hydrogen (secondary N) is 1. The van der Waals surface area contributed by atoms with Crippen LogP contribution >= 0.6 is 12.4 Å². The largest absolute Gasteiger partial charge is 0.482 e. The van der Waals surface area contributed by atoms with Crippen LogP contribution in [0, 0.1) is 0 Å². The third kappa shape index (κ3) is 3.12. The number of carbonyl (C=O) groups excluding carboxylic acids is 1. The van der Waals surface area contributed by atoms with Crippen molar-refractivity contribution in [3.63, 3.8) is 0 Å². The summed E-state index contributed by atoms with van der Waals surface area (Å²) in [5, 5.41) is 3.60. The Bertz CT molecular complexity index is 583. The molecule has 0 saturated carbocycles. The molecular formula is C17H23ClN2O3. The van der Waals surface area contributed by atoms with Gasteiger partial charge in [0.25, 0.3) is 5.91 Å². The highest BCUT2D eigenvalue weighted by Crippen LogP contribution is 2.34. The van der Waals surface area contributed by atoms with Crippen LogP contribution in [0.3, 0.4) is 0 Å². The highest BCUT2D eigenvalue weighted by Gasteiger charge is 2.39. The van der Waals surface area contributed by atoms with Crippen LogP contribution in [0.4, 0.5) is 0 Å². The van der Waals surface area contributed by atoms with E-state index < -0.39 is 6.10 Å². The number of ether oxygens (including phenoxy) is 2. The number of carbonyl (C=O) groups is 1. The van der Waals surface area contributed by atoms with Gasteiger partial charge in [0, 0.05) is 25.2 Å². The molecular weight excluding hydrogens is 316 g/mol. The van der Waals surface area contributed by atoms with Crippen molar-refractivity contribution in [3.05, 3.63) is 24.3 Å². The lowest BCUT2D eigenvalue weighted by Gasteiger charge is -2.35. The Labute approximate surface area is 142 Å². The van der Waals surface area contributed by atoms with E-state index in [1.165, 1.54) is 6.42 Å². The maximum Gasteiger partial charge on any atom is 0.267 e. The van der Waals surface area contributed by atoms with Gasteiger partial charge in [0.05, 0.1) is 0 Å². The standard InChI is InChI=1S/C17H22N2O3.ClH/c1-11-16(22-15-5-3-2-4-14(15)21-11)17(20)19-9-8-12-6-7-13(10-19)18-12;/h2-5,11-13,16,18H,6-10H2,1H3;1H. The van der Waals surface area contributed by atoms with Gasteiger partial charge in [-0.2, -0.15) is 0 Å². The molecule has 0 spiro atoms. The van der Waals surface area contributed by atoms with Gasteiger partial charge in [-0.1, -0.05) is 12.1 Å². The first-order valence-electron chi connectivity index (χ1n) is 8.18. The zero-order valence-corrected chi connectivity index (χ0v) is 14.1. The number of hydrogen-bond acceptors (Lipinski definition) is 4. The van der Waals surface area contributed by atoms with Gasteiger partial charge >= 0.3 is 0 Å². The van der Waals surface area contributed by atoms with Crippen molar-refractivity contribution in [2.45, 2.75) is 50.5 Å². The Kier molecular flexibility index (Phi) is 4.69. The molecule has 4 atom stereocenters. The lowest BCUT2D eigenvalue weighted by Crippen LogP contribution is -2.52. The minimum Gasteiger partial charge on any atom is -0.482 e. The zero-order chi connectivity index (χ0) is 15.1. The monoisotopic (exact) mass is 338 g/mol. The van der Waals surface area contributed by atoms with Crippen LogP contribution in [0.25, 0.3) is 0 Å². The molecule has 0 aliphatic carbocycles. The smallest absolute Gasteiger partial charge is 0.267 e. The number of nitrogens with zero attached hydrogens (tertiary/aromatic N) is 1. The quantitative estimate of drug-likeness (QED) is 0.851. The Morgan fingerprint density at radius 3 is 2.61 bits per heavy atom. The number of amides is 1. The fourth-order valence-corrected chi connectivity index (χ4v) is 3.71. The molecule has 3 heterocycles. The Hall–Kier alpha value is -1.46. The molecule has 2 saturated heterocycles. The lowest BCUT2D eigenvalue weighted by atomic mass is 10.1. The molecule has 3 aliphatic heterocycles. The number of halogens is 1. The molecule has 2 bridgehead atoms. The molecule has 4 rings (SSSR count). The summed E-state index contributed by atoms with van der Waals surface area (Å²) in [5.41, 5.74) is 0. The van der Waals surface area contributed by atoms with Gasteiger partial charge in [0.1, 0.15) is 6.10 Å². The fourth-order valence-electron chi connectivity index (χ4n) is 3.71. The van der Waals surface area contributed by atoms with Crippen LogP contribution in [0.2, 0.25) is 0 Å². The molecule has 6 heteroatoms. The molecule has 23 heavy (non-hydrogen) atoms. The van der Waals surface area contributed by atoms with E-state index in [0.717, 1.165) is 31.7 Å². The number of rotatable bonds is 1. The van der Waals surface area contributed by atoms with Crippen LogP contribution in [0.5, 0.6) is 11.5 Å². The third-order valence-electron chi connectivity index (χ3n) is 4.92. The number of benzene rings is 1. The highest BCUT2D eigenvalue weighted by atomic mass is 35.5. The van der Waals surface area contributed by atoms with Gasteiger partial charge in [-0.3, -0.25) is 4.79 Å². The molecule has 0 aromatic heterocycles. The van der Waals surface area contributed by atoms with E-state index in [9.17, 15) is 4.79 Å². The van der Waals surface area contributed by atoms with E-state index in [-0.39, 0.29) is 24.4 Å². The summed E-state index contributed by atoms with van der Waals surface area (Å²) in [6.45, 7) is 3.49. The van der Waals surface area contributed by atoms with Crippen molar-refractivity contribution < 1.29 is 14.3 Å². The summed E-state index contributed by atoms with van der Waals surface area (Å²) in [6.07, 6.45) is 2.61. The van der Waals surface area contributed by atoms with E-state index in [1.807, 2.05) is 36.1 Å². The average molecular weight is 339 g/mol. The number of hydrogen-bond donors (Lipinski definition) is 1. The van der Waals surface area contributed by atoms with E-state index in [2.05, 4.69) is 5.32 Å². The molecule has 1 aromatic rings. The predicted octanol–water partition coefficient (Wildman–Crippen LogP) is 1.99. The normalized spacial score (nSPS) is 32.0. The van der Waals surface area contributed by atoms with E-state index in [0.29, 0.717) is 17.8 Å².